The minimum atomic E-state index is -1.40. The van der Waals surface area contributed by atoms with Gasteiger partial charge in [0, 0.05) is 13.0 Å². The Bertz CT molecular complexity index is 935. The highest BCUT2D eigenvalue weighted by Gasteiger charge is 2.33. The number of carbonyl (C=O) groups excluding carboxylic acids is 3. The molecule has 0 fully saturated rings. The highest BCUT2D eigenvalue weighted by molar-refractivity contribution is 5.94. The summed E-state index contributed by atoms with van der Waals surface area (Å²) < 4.78 is 0. The standard InChI is InChI=1S/C24H39N7O6/c1-13(2)18(21(34)29-17(23(36)37)12-15-8-5-4-6-9-15)30-22(35)19(14(3)32)31-20(33)16(25)10-7-11-28-24(26)27/h4-6,8-9,13-14,16-19,32H,7,10-12,25H2,1-3H3,(H,29,34)(H,30,35)(H,31,33)(H,36,37)(H4,26,27,28). The molecule has 37 heavy (non-hydrogen) atoms. The average Bonchev–Trinajstić information content (AvgIpc) is 2.82. The summed E-state index contributed by atoms with van der Waals surface area (Å²) in [6, 6.07) is 4.05. The molecule has 1 aromatic carbocycles. The number of aliphatic hydroxyl groups excluding tert-OH is 1. The van der Waals surface area contributed by atoms with Gasteiger partial charge in [-0.3, -0.25) is 19.4 Å². The molecule has 0 aliphatic carbocycles. The SMILES string of the molecule is CC(C)C(NC(=O)C(NC(=O)C(N)CCCN=C(N)N)C(C)O)C(=O)NC(Cc1ccccc1)C(=O)O. The Morgan fingerprint density at radius 2 is 1.49 bits per heavy atom. The largest absolute Gasteiger partial charge is 0.480 e. The van der Waals surface area contributed by atoms with Crippen molar-refractivity contribution in [2.24, 2.45) is 28.1 Å². The summed E-state index contributed by atoms with van der Waals surface area (Å²) in [6.45, 7) is 4.91. The van der Waals surface area contributed by atoms with Crippen LogP contribution in [0.5, 0.6) is 0 Å². The van der Waals surface area contributed by atoms with E-state index in [-0.39, 0.29) is 25.3 Å². The maximum absolute atomic E-state index is 13.0. The van der Waals surface area contributed by atoms with E-state index >= 15 is 0 Å². The van der Waals surface area contributed by atoms with Gasteiger partial charge >= 0.3 is 5.97 Å². The number of carbonyl (C=O) groups is 4. The number of nitrogens with zero attached hydrogens (tertiary/aromatic N) is 1. The molecule has 0 heterocycles. The van der Waals surface area contributed by atoms with Gasteiger partial charge in [-0.05, 0) is 31.2 Å². The lowest BCUT2D eigenvalue weighted by atomic mass is 10.0. The third-order valence-corrected chi connectivity index (χ3v) is 5.51. The van der Waals surface area contributed by atoms with Gasteiger partial charge in [0.2, 0.25) is 17.7 Å². The molecule has 5 unspecified atom stereocenters. The van der Waals surface area contributed by atoms with E-state index in [9.17, 15) is 29.4 Å². The van der Waals surface area contributed by atoms with Crippen molar-refractivity contribution < 1.29 is 29.4 Å². The van der Waals surface area contributed by atoms with Crippen LogP contribution in [0.2, 0.25) is 0 Å². The van der Waals surface area contributed by atoms with Crippen molar-refractivity contribution in [1.82, 2.24) is 16.0 Å². The van der Waals surface area contributed by atoms with Crippen molar-refractivity contribution in [3.8, 4) is 0 Å². The molecule has 1 rings (SSSR count). The van der Waals surface area contributed by atoms with Crippen molar-refractivity contribution in [2.75, 3.05) is 6.54 Å². The molecule has 0 radical (unpaired) electrons. The van der Waals surface area contributed by atoms with Crippen LogP contribution in [0.15, 0.2) is 35.3 Å². The Kier molecular flexibility index (Phi) is 13.0. The maximum Gasteiger partial charge on any atom is 0.326 e. The number of aliphatic carboxylic acids is 1. The molecule has 0 aliphatic rings. The fourth-order valence-electron chi connectivity index (χ4n) is 3.41. The summed E-state index contributed by atoms with van der Waals surface area (Å²) in [5.74, 6) is -3.95. The van der Waals surface area contributed by atoms with Gasteiger partial charge in [0.05, 0.1) is 12.1 Å². The lowest BCUT2D eigenvalue weighted by Crippen LogP contribution is -2.60. The molecule has 13 heteroatoms. The minimum Gasteiger partial charge on any atom is -0.480 e. The smallest absolute Gasteiger partial charge is 0.326 e. The third kappa shape index (κ3) is 11.3. The number of rotatable bonds is 15. The van der Waals surface area contributed by atoms with Crippen molar-refractivity contribution >= 4 is 29.7 Å². The number of carboxylic acid groups (broad SMARTS) is 1. The predicted molar refractivity (Wildman–Crippen MR) is 138 cm³/mol. The van der Waals surface area contributed by atoms with Crippen LogP contribution >= 0.6 is 0 Å². The quantitative estimate of drug-likeness (QED) is 0.0736. The lowest BCUT2D eigenvalue weighted by Gasteiger charge is -2.28. The fraction of sp³-hybridized carbons (Fsp3) is 0.542. The second kappa shape index (κ2) is 15.4. The van der Waals surface area contributed by atoms with Gasteiger partial charge in [-0.25, -0.2) is 4.79 Å². The molecule has 206 valence electrons. The Morgan fingerprint density at radius 3 is 2.00 bits per heavy atom. The monoisotopic (exact) mass is 521 g/mol. The Balaban J connectivity index is 2.85. The van der Waals surface area contributed by atoms with Gasteiger partial charge in [0.15, 0.2) is 5.96 Å². The molecule has 0 bridgehead atoms. The predicted octanol–water partition coefficient (Wildman–Crippen LogP) is -1.81. The molecule has 13 nitrogen and oxygen atoms in total. The maximum atomic E-state index is 13.0. The van der Waals surface area contributed by atoms with E-state index in [2.05, 4.69) is 20.9 Å². The molecular weight excluding hydrogens is 482 g/mol. The van der Waals surface area contributed by atoms with Gasteiger partial charge < -0.3 is 43.4 Å². The Morgan fingerprint density at radius 1 is 0.919 bits per heavy atom. The molecule has 0 aromatic heterocycles. The van der Waals surface area contributed by atoms with Crippen molar-refractivity contribution in [1.29, 1.82) is 0 Å². The summed E-state index contributed by atoms with van der Waals surface area (Å²) in [4.78, 5) is 53.9. The van der Waals surface area contributed by atoms with Crippen molar-refractivity contribution in [2.45, 2.75) is 70.3 Å². The molecule has 11 N–H and O–H groups in total. The number of nitrogens with two attached hydrogens (primary N) is 3. The number of carboxylic acids is 1. The molecule has 0 saturated carbocycles. The molecular formula is C24H39N7O6. The summed E-state index contributed by atoms with van der Waals surface area (Å²) in [5.41, 5.74) is 17.1. The molecule has 5 atom stereocenters. The van der Waals surface area contributed by atoms with E-state index in [1.807, 2.05) is 0 Å². The van der Waals surface area contributed by atoms with E-state index in [1.54, 1.807) is 44.2 Å². The Labute approximate surface area is 216 Å². The van der Waals surface area contributed by atoms with Gasteiger partial charge in [-0.15, -0.1) is 0 Å². The first-order valence-corrected chi connectivity index (χ1v) is 12.0. The first-order chi connectivity index (χ1) is 17.3. The molecule has 0 spiro atoms. The van der Waals surface area contributed by atoms with Gasteiger partial charge in [-0.1, -0.05) is 44.2 Å². The summed E-state index contributed by atoms with van der Waals surface area (Å²) in [7, 11) is 0. The zero-order valence-corrected chi connectivity index (χ0v) is 21.4. The van der Waals surface area contributed by atoms with E-state index in [0.717, 1.165) is 0 Å². The zero-order chi connectivity index (χ0) is 28.1. The number of aliphatic imine (C=N–C) groups is 1. The fourth-order valence-corrected chi connectivity index (χ4v) is 3.41. The van der Waals surface area contributed by atoms with Crippen LogP contribution in [0.3, 0.4) is 0 Å². The second-order valence-electron chi connectivity index (χ2n) is 9.10. The topological polar surface area (TPSA) is 235 Å². The van der Waals surface area contributed by atoms with Crippen LogP contribution in [0.25, 0.3) is 0 Å². The molecule has 3 amide bonds. The highest BCUT2D eigenvalue weighted by atomic mass is 16.4. The van der Waals surface area contributed by atoms with E-state index < -0.39 is 59.9 Å². The lowest BCUT2D eigenvalue weighted by molar-refractivity contribution is -0.142. The summed E-state index contributed by atoms with van der Waals surface area (Å²) in [6.07, 6.45) is -0.611. The Hall–Kier alpha value is -3.71. The van der Waals surface area contributed by atoms with Crippen LogP contribution in [0.1, 0.15) is 39.2 Å². The molecule has 0 saturated heterocycles. The van der Waals surface area contributed by atoms with Crippen LogP contribution in [-0.2, 0) is 25.6 Å². The molecule has 1 aromatic rings. The minimum absolute atomic E-state index is 0.0497. The average molecular weight is 522 g/mol. The highest BCUT2D eigenvalue weighted by Crippen LogP contribution is 2.08. The van der Waals surface area contributed by atoms with Gasteiger partial charge in [0.25, 0.3) is 0 Å². The van der Waals surface area contributed by atoms with Crippen LogP contribution in [0.4, 0.5) is 0 Å². The van der Waals surface area contributed by atoms with Crippen LogP contribution in [-0.4, -0.2) is 76.7 Å². The van der Waals surface area contributed by atoms with E-state index in [4.69, 9.17) is 17.2 Å². The van der Waals surface area contributed by atoms with Gasteiger partial charge in [0.1, 0.15) is 18.1 Å². The van der Waals surface area contributed by atoms with Crippen LogP contribution < -0.4 is 33.2 Å². The zero-order valence-electron chi connectivity index (χ0n) is 21.4. The van der Waals surface area contributed by atoms with Crippen molar-refractivity contribution in [3.63, 3.8) is 0 Å². The van der Waals surface area contributed by atoms with E-state index in [0.29, 0.717) is 12.0 Å². The normalized spacial score (nSPS) is 15.0. The first kappa shape index (κ1) is 31.3. The number of guanidine groups is 1. The summed E-state index contributed by atoms with van der Waals surface area (Å²) >= 11 is 0. The van der Waals surface area contributed by atoms with E-state index in [1.165, 1.54) is 6.92 Å². The number of aliphatic hydroxyl groups is 1. The van der Waals surface area contributed by atoms with Crippen LogP contribution in [0, 0.1) is 5.92 Å². The summed E-state index contributed by atoms with van der Waals surface area (Å²) in [5, 5.41) is 27.1. The number of nitrogens with one attached hydrogen (secondary N) is 3. The molecule has 0 aliphatic heterocycles. The number of amides is 3. The first-order valence-electron chi connectivity index (χ1n) is 12.0. The third-order valence-electron chi connectivity index (χ3n) is 5.51. The number of benzene rings is 1. The number of hydrogen-bond donors (Lipinski definition) is 8. The number of hydrogen-bond acceptors (Lipinski definition) is 7. The van der Waals surface area contributed by atoms with Crippen molar-refractivity contribution in [3.05, 3.63) is 35.9 Å². The van der Waals surface area contributed by atoms with Gasteiger partial charge in [-0.2, -0.15) is 0 Å². The second-order valence-corrected chi connectivity index (χ2v) is 9.10.